The number of hydrogen-bond donors (Lipinski definition) is 1. The molecule has 1 unspecified atom stereocenters. The second-order valence-corrected chi connectivity index (χ2v) is 6.75. The van der Waals surface area contributed by atoms with Crippen LogP contribution in [0.1, 0.15) is 47.4 Å². The molecule has 4 heterocycles. The quantitative estimate of drug-likeness (QED) is 0.827. The summed E-state index contributed by atoms with van der Waals surface area (Å²) in [6, 6.07) is 0. The Labute approximate surface area is 135 Å². The molecule has 0 radical (unpaired) electrons. The molecule has 1 N–H and O–H groups in total. The number of aromatic amines is 1. The molecule has 3 aliphatic rings. The van der Waals surface area contributed by atoms with E-state index in [0.717, 1.165) is 49.9 Å². The molecule has 2 fully saturated rings. The highest BCUT2D eigenvalue weighted by Gasteiger charge is 2.52. The molecule has 0 saturated carbocycles. The van der Waals surface area contributed by atoms with Crippen molar-refractivity contribution >= 4 is 11.8 Å². The molecule has 23 heavy (non-hydrogen) atoms. The molecule has 0 aliphatic carbocycles. The number of likely N-dealkylation sites (N-methyl/N-ethyl adjacent to an activating group) is 1. The Kier molecular flexibility index (Phi) is 3.41. The van der Waals surface area contributed by atoms with Gasteiger partial charge in [-0.15, -0.1) is 0 Å². The van der Waals surface area contributed by atoms with Crippen LogP contribution in [0.2, 0.25) is 0 Å². The SMILES string of the molecule is CN1CCCC2(CCCN2C(=O)c2n[nH]c3c2COCC3)C1=O. The lowest BCUT2D eigenvalue weighted by molar-refractivity contribution is -0.144. The molecule has 2 saturated heterocycles. The van der Waals surface area contributed by atoms with E-state index in [4.69, 9.17) is 4.74 Å². The summed E-state index contributed by atoms with van der Waals surface area (Å²) in [6.07, 6.45) is 4.07. The molecule has 1 aromatic heterocycles. The van der Waals surface area contributed by atoms with Gasteiger partial charge in [0.2, 0.25) is 5.91 Å². The third kappa shape index (κ3) is 2.09. The van der Waals surface area contributed by atoms with Crippen LogP contribution < -0.4 is 0 Å². The number of rotatable bonds is 1. The molecule has 0 bridgehead atoms. The second kappa shape index (κ2) is 5.33. The van der Waals surface area contributed by atoms with Gasteiger partial charge in [-0.1, -0.05) is 0 Å². The minimum Gasteiger partial charge on any atom is -0.376 e. The smallest absolute Gasteiger partial charge is 0.275 e. The maximum Gasteiger partial charge on any atom is 0.275 e. The van der Waals surface area contributed by atoms with E-state index >= 15 is 0 Å². The van der Waals surface area contributed by atoms with Crippen LogP contribution in [0.25, 0.3) is 0 Å². The first-order chi connectivity index (χ1) is 11.1. The molecule has 124 valence electrons. The van der Waals surface area contributed by atoms with Crippen LogP contribution in [-0.2, 0) is 22.6 Å². The highest BCUT2D eigenvalue weighted by atomic mass is 16.5. The van der Waals surface area contributed by atoms with Gasteiger partial charge in [0, 0.05) is 37.8 Å². The maximum absolute atomic E-state index is 13.1. The van der Waals surface area contributed by atoms with Gasteiger partial charge in [-0.25, -0.2) is 0 Å². The van der Waals surface area contributed by atoms with E-state index in [2.05, 4.69) is 10.2 Å². The molecular formula is C16H22N4O3. The summed E-state index contributed by atoms with van der Waals surface area (Å²) in [5.74, 6) is -0.0515. The summed E-state index contributed by atoms with van der Waals surface area (Å²) in [5.41, 5.74) is 1.62. The number of amides is 2. The van der Waals surface area contributed by atoms with Crippen molar-refractivity contribution < 1.29 is 14.3 Å². The lowest BCUT2D eigenvalue weighted by Gasteiger charge is -2.43. The van der Waals surface area contributed by atoms with E-state index in [9.17, 15) is 9.59 Å². The summed E-state index contributed by atoms with van der Waals surface area (Å²) in [5, 5.41) is 7.21. The summed E-state index contributed by atoms with van der Waals surface area (Å²) < 4.78 is 5.48. The number of H-pyrrole nitrogens is 1. The molecule has 7 nitrogen and oxygen atoms in total. The molecule has 1 aromatic rings. The van der Waals surface area contributed by atoms with Gasteiger partial charge in [0.15, 0.2) is 5.69 Å². The number of ether oxygens (including phenoxy) is 1. The van der Waals surface area contributed by atoms with Gasteiger partial charge in [-0.05, 0) is 25.7 Å². The zero-order valence-corrected chi connectivity index (χ0v) is 13.4. The normalized spacial score (nSPS) is 27.6. The Bertz CT molecular complexity index is 656. The van der Waals surface area contributed by atoms with E-state index in [1.54, 1.807) is 9.80 Å². The monoisotopic (exact) mass is 318 g/mol. The minimum absolute atomic E-state index is 0.0789. The second-order valence-electron chi connectivity index (χ2n) is 6.75. The van der Waals surface area contributed by atoms with Crippen LogP contribution in [0.3, 0.4) is 0 Å². The standard InChI is InChI=1S/C16H22N4O3/c1-19-7-2-5-16(15(19)22)6-3-8-20(16)14(21)13-11-10-23-9-4-12(11)17-18-13/h2-10H2,1H3,(H,17,18). The molecule has 0 aromatic carbocycles. The Morgan fingerprint density at radius 3 is 2.91 bits per heavy atom. The number of nitrogens with zero attached hydrogens (tertiary/aromatic N) is 3. The number of hydrogen-bond acceptors (Lipinski definition) is 4. The fourth-order valence-corrected chi connectivity index (χ4v) is 4.25. The Hall–Kier alpha value is -1.89. The number of carbonyl (C=O) groups excluding carboxylic acids is 2. The van der Waals surface area contributed by atoms with Crippen LogP contribution in [-0.4, -0.2) is 64.1 Å². The van der Waals surface area contributed by atoms with E-state index in [1.807, 2.05) is 7.05 Å². The number of aromatic nitrogens is 2. The Morgan fingerprint density at radius 2 is 2.09 bits per heavy atom. The van der Waals surface area contributed by atoms with Gasteiger partial charge in [0.05, 0.1) is 13.2 Å². The van der Waals surface area contributed by atoms with Crippen molar-refractivity contribution in [1.29, 1.82) is 0 Å². The lowest BCUT2D eigenvalue weighted by atomic mass is 9.85. The Morgan fingerprint density at radius 1 is 1.30 bits per heavy atom. The first-order valence-electron chi connectivity index (χ1n) is 8.35. The molecule has 3 aliphatic heterocycles. The fourth-order valence-electron chi connectivity index (χ4n) is 4.25. The highest BCUT2D eigenvalue weighted by Crippen LogP contribution is 2.39. The van der Waals surface area contributed by atoms with E-state index in [-0.39, 0.29) is 11.8 Å². The Balaban J connectivity index is 1.68. The van der Waals surface area contributed by atoms with Crippen molar-refractivity contribution in [3.8, 4) is 0 Å². The van der Waals surface area contributed by atoms with Gasteiger partial charge >= 0.3 is 0 Å². The predicted molar refractivity (Wildman–Crippen MR) is 81.8 cm³/mol. The van der Waals surface area contributed by atoms with E-state index in [0.29, 0.717) is 25.5 Å². The summed E-state index contributed by atoms with van der Waals surface area (Å²) >= 11 is 0. The highest BCUT2D eigenvalue weighted by molar-refractivity contribution is 5.99. The minimum atomic E-state index is -0.661. The van der Waals surface area contributed by atoms with Crippen molar-refractivity contribution in [2.24, 2.45) is 0 Å². The zero-order valence-electron chi connectivity index (χ0n) is 13.4. The largest absolute Gasteiger partial charge is 0.376 e. The van der Waals surface area contributed by atoms with Gasteiger partial charge in [0.1, 0.15) is 5.54 Å². The van der Waals surface area contributed by atoms with Crippen LogP contribution in [0.4, 0.5) is 0 Å². The molecule has 1 atom stereocenters. The molecular weight excluding hydrogens is 296 g/mol. The van der Waals surface area contributed by atoms with Crippen molar-refractivity contribution in [1.82, 2.24) is 20.0 Å². The van der Waals surface area contributed by atoms with Gasteiger partial charge in [0.25, 0.3) is 5.91 Å². The number of nitrogens with one attached hydrogen (secondary N) is 1. The van der Waals surface area contributed by atoms with E-state index in [1.165, 1.54) is 0 Å². The number of carbonyl (C=O) groups is 2. The number of fused-ring (bicyclic) bond motifs is 1. The summed E-state index contributed by atoms with van der Waals surface area (Å²) in [7, 11) is 1.83. The fraction of sp³-hybridized carbons (Fsp3) is 0.688. The number of likely N-dealkylation sites (tertiary alicyclic amines) is 2. The molecule has 7 heteroatoms. The van der Waals surface area contributed by atoms with Gasteiger partial charge in [-0.3, -0.25) is 14.7 Å². The lowest BCUT2D eigenvalue weighted by Crippen LogP contribution is -2.60. The van der Waals surface area contributed by atoms with Gasteiger partial charge < -0.3 is 14.5 Å². The first kappa shape index (κ1) is 14.7. The van der Waals surface area contributed by atoms with Crippen molar-refractivity contribution in [3.05, 3.63) is 17.0 Å². The zero-order chi connectivity index (χ0) is 16.0. The van der Waals surface area contributed by atoms with Crippen LogP contribution in [0.5, 0.6) is 0 Å². The maximum atomic E-state index is 13.1. The van der Waals surface area contributed by atoms with Crippen molar-refractivity contribution in [2.45, 2.75) is 44.2 Å². The van der Waals surface area contributed by atoms with Crippen molar-refractivity contribution in [3.63, 3.8) is 0 Å². The van der Waals surface area contributed by atoms with Crippen LogP contribution in [0, 0.1) is 0 Å². The van der Waals surface area contributed by atoms with Crippen LogP contribution >= 0.6 is 0 Å². The number of piperidine rings is 1. The molecule has 4 rings (SSSR count). The average Bonchev–Trinajstić information content (AvgIpc) is 3.17. The van der Waals surface area contributed by atoms with Gasteiger partial charge in [-0.2, -0.15) is 5.10 Å². The third-order valence-corrected chi connectivity index (χ3v) is 5.46. The third-order valence-electron chi connectivity index (χ3n) is 5.46. The van der Waals surface area contributed by atoms with Crippen molar-refractivity contribution in [2.75, 3.05) is 26.7 Å². The topological polar surface area (TPSA) is 78.5 Å². The predicted octanol–water partition coefficient (Wildman–Crippen LogP) is 0.709. The molecule has 1 spiro atoms. The average molecular weight is 318 g/mol. The summed E-state index contributed by atoms with van der Waals surface area (Å²) in [4.78, 5) is 29.5. The molecule has 2 amide bonds. The first-order valence-corrected chi connectivity index (χ1v) is 8.35. The van der Waals surface area contributed by atoms with E-state index < -0.39 is 5.54 Å². The summed E-state index contributed by atoms with van der Waals surface area (Å²) in [6.45, 7) is 2.47. The van der Waals surface area contributed by atoms with Crippen LogP contribution in [0.15, 0.2) is 0 Å².